The second-order valence-electron chi connectivity index (χ2n) is 10.5. The summed E-state index contributed by atoms with van der Waals surface area (Å²) >= 11 is 0. The molecule has 0 radical (unpaired) electrons. The Balaban J connectivity index is 1.21. The molecule has 10 nitrogen and oxygen atoms in total. The highest BCUT2D eigenvalue weighted by molar-refractivity contribution is 6.23. The van der Waals surface area contributed by atoms with Crippen LogP contribution in [0.3, 0.4) is 0 Å². The van der Waals surface area contributed by atoms with Crippen LogP contribution in [0.1, 0.15) is 73.1 Å². The van der Waals surface area contributed by atoms with E-state index in [1.54, 1.807) is 18.2 Å². The van der Waals surface area contributed by atoms with Crippen LogP contribution in [0.5, 0.6) is 0 Å². The van der Waals surface area contributed by atoms with Crippen LogP contribution in [0.2, 0.25) is 0 Å². The summed E-state index contributed by atoms with van der Waals surface area (Å²) in [5, 5.41) is 5.44. The van der Waals surface area contributed by atoms with E-state index in [2.05, 4.69) is 22.5 Å². The van der Waals surface area contributed by atoms with Crippen LogP contribution in [0.4, 0.5) is 5.69 Å². The molecule has 0 aromatic heterocycles. The molecule has 36 heavy (non-hydrogen) atoms. The smallest absolute Gasteiger partial charge is 0.310 e. The molecule has 192 valence electrons. The lowest BCUT2D eigenvalue weighted by molar-refractivity contribution is -0.180. The van der Waals surface area contributed by atoms with E-state index >= 15 is 0 Å². The van der Waals surface area contributed by atoms with E-state index < -0.39 is 29.7 Å². The second-order valence-corrected chi connectivity index (χ2v) is 10.5. The minimum atomic E-state index is -0.980. The van der Waals surface area contributed by atoms with Crippen molar-refractivity contribution < 1.29 is 28.7 Å². The number of amides is 4. The van der Waals surface area contributed by atoms with Crippen molar-refractivity contribution in [3.05, 3.63) is 29.3 Å². The van der Waals surface area contributed by atoms with Crippen molar-refractivity contribution in [3.8, 4) is 0 Å². The largest absolute Gasteiger partial charge is 0.446 e. The Morgan fingerprint density at radius 1 is 1.14 bits per heavy atom. The fourth-order valence-electron chi connectivity index (χ4n) is 5.52. The van der Waals surface area contributed by atoms with E-state index in [9.17, 15) is 24.0 Å². The molecule has 4 heterocycles. The average molecular weight is 497 g/mol. The second kappa shape index (κ2) is 9.31. The highest BCUT2D eigenvalue weighted by atomic mass is 16.6. The zero-order valence-corrected chi connectivity index (χ0v) is 20.7. The number of fused-ring (bicyclic) bond motifs is 1. The van der Waals surface area contributed by atoms with E-state index in [4.69, 9.17) is 4.74 Å². The topological polar surface area (TPSA) is 125 Å². The zero-order valence-electron chi connectivity index (χ0n) is 20.7. The van der Waals surface area contributed by atoms with Gasteiger partial charge in [0.25, 0.3) is 11.8 Å². The first kappa shape index (κ1) is 24.4. The van der Waals surface area contributed by atoms with Gasteiger partial charge in [-0.05, 0) is 31.0 Å². The number of carbonyl (C=O) groups excluding carboxylic acids is 5. The lowest BCUT2D eigenvalue weighted by Crippen LogP contribution is -2.77. The molecular weight excluding hydrogens is 464 g/mol. The summed E-state index contributed by atoms with van der Waals surface area (Å²) < 4.78 is 5.78. The minimum Gasteiger partial charge on any atom is -0.446 e. The molecule has 1 aromatic carbocycles. The lowest BCUT2D eigenvalue weighted by Gasteiger charge is -2.60. The maximum absolute atomic E-state index is 13.1. The molecule has 3 atom stereocenters. The number of imide groups is 2. The van der Waals surface area contributed by atoms with Crippen molar-refractivity contribution in [1.29, 1.82) is 0 Å². The highest BCUT2D eigenvalue weighted by Crippen LogP contribution is 2.43. The number of hydrogen-bond donors (Lipinski definition) is 2. The van der Waals surface area contributed by atoms with Crippen molar-refractivity contribution >= 4 is 35.3 Å². The van der Waals surface area contributed by atoms with Crippen LogP contribution in [-0.2, 0) is 19.1 Å². The lowest BCUT2D eigenvalue weighted by atomic mass is 9.72. The number of benzene rings is 1. The molecule has 1 aromatic rings. The van der Waals surface area contributed by atoms with Crippen molar-refractivity contribution in [2.45, 2.75) is 64.6 Å². The molecule has 5 rings (SSSR count). The maximum atomic E-state index is 13.1. The summed E-state index contributed by atoms with van der Waals surface area (Å²) in [5.74, 6) is -2.35. The van der Waals surface area contributed by atoms with Gasteiger partial charge in [-0.15, -0.1) is 0 Å². The Hall–Kier alpha value is -3.27. The van der Waals surface area contributed by atoms with E-state index in [-0.39, 0.29) is 47.5 Å². The van der Waals surface area contributed by atoms with Crippen LogP contribution in [0, 0.1) is 11.3 Å². The van der Waals surface area contributed by atoms with Crippen LogP contribution >= 0.6 is 0 Å². The Labute approximate surface area is 209 Å². The van der Waals surface area contributed by atoms with Gasteiger partial charge in [0, 0.05) is 31.7 Å². The molecule has 10 heteroatoms. The number of nitrogens with one attached hydrogen (secondary N) is 2. The minimum absolute atomic E-state index is 0.0855. The molecule has 2 N–H and O–H groups in total. The normalized spacial score (nSPS) is 25.3. The third-order valence-corrected chi connectivity index (χ3v) is 7.87. The van der Waals surface area contributed by atoms with E-state index in [1.807, 2.05) is 6.92 Å². The molecule has 0 bridgehead atoms. The summed E-state index contributed by atoms with van der Waals surface area (Å²) in [4.78, 5) is 65.3. The van der Waals surface area contributed by atoms with Gasteiger partial charge in [-0.25, -0.2) is 0 Å². The number of anilines is 1. The van der Waals surface area contributed by atoms with Crippen LogP contribution in [0.15, 0.2) is 18.2 Å². The maximum Gasteiger partial charge on any atom is 0.310 e. The van der Waals surface area contributed by atoms with Crippen LogP contribution in [-0.4, -0.2) is 66.4 Å². The number of esters is 1. The third-order valence-electron chi connectivity index (χ3n) is 7.87. The number of piperidine rings is 1. The number of rotatable bonds is 8. The molecule has 4 aliphatic heterocycles. The van der Waals surface area contributed by atoms with Gasteiger partial charge in [0.1, 0.15) is 6.04 Å². The fraction of sp³-hybridized carbons (Fsp3) is 0.577. The summed E-state index contributed by atoms with van der Waals surface area (Å²) in [6, 6.07) is 4.13. The molecule has 3 fully saturated rings. The van der Waals surface area contributed by atoms with Gasteiger partial charge >= 0.3 is 5.97 Å². The highest BCUT2D eigenvalue weighted by Gasteiger charge is 2.57. The zero-order chi connectivity index (χ0) is 25.6. The average Bonchev–Trinajstić information content (AvgIpc) is 3.05. The Morgan fingerprint density at radius 2 is 1.89 bits per heavy atom. The molecule has 0 saturated carbocycles. The molecule has 3 unspecified atom stereocenters. The summed E-state index contributed by atoms with van der Waals surface area (Å²) in [5.41, 5.74) is 1.17. The predicted octanol–water partition coefficient (Wildman–Crippen LogP) is 1.58. The molecule has 4 amide bonds. The number of unbranched alkanes of at least 4 members (excludes halogenated alkanes) is 2. The van der Waals surface area contributed by atoms with Gasteiger partial charge in [-0.1, -0.05) is 33.1 Å². The molecular formula is C26H32N4O6. The molecule has 0 aliphatic carbocycles. The molecule has 4 aliphatic rings. The predicted molar refractivity (Wildman–Crippen MR) is 129 cm³/mol. The van der Waals surface area contributed by atoms with Gasteiger partial charge in [0.05, 0.1) is 22.5 Å². The number of hydrogen-bond acceptors (Lipinski definition) is 8. The molecule has 3 saturated heterocycles. The van der Waals surface area contributed by atoms with Crippen LogP contribution < -0.4 is 15.5 Å². The number of ether oxygens (including phenoxy) is 1. The van der Waals surface area contributed by atoms with Crippen LogP contribution in [0.25, 0.3) is 0 Å². The third kappa shape index (κ3) is 4.07. The monoisotopic (exact) mass is 496 g/mol. The van der Waals surface area contributed by atoms with E-state index in [0.717, 1.165) is 42.8 Å². The van der Waals surface area contributed by atoms with Crippen molar-refractivity contribution in [3.63, 3.8) is 0 Å². The van der Waals surface area contributed by atoms with Crippen molar-refractivity contribution in [1.82, 2.24) is 15.5 Å². The summed E-state index contributed by atoms with van der Waals surface area (Å²) in [6.07, 6.45) is 3.96. The Bertz CT molecular complexity index is 1130. The van der Waals surface area contributed by atoms with Gasteiger partial charge in [0.15, 0.2) is 6.23 Å². The first-order valence-corrected chi connectivity index (χ1v) is 12.8. The summed E-state index contributed by atoms with van der Waals surface area (Å²) in [7, 11) is 0. The van der Waals surface area contributed by atoms with Gasteiger partial charge < -0.3 is 9.64 Å². The summed E-state index contributed by atoms with van der Waals surface area (Å²) in [6.45, 7) is 6.13. The fourth-order valence-corrected chi connectivity index (χ4v) is 5.52. The standard InChI is InChI=1S/C26H32N4O6/c1-3-4-5-6-15(2)24(35)36-25-26(12-27-25)13-29(14-26)16-7-8-17-18(11-16)23(34)30(22(17)33)19-9-10-20(31)28-21(19)32/h7-8,11,15,19,25,27H,3-6,9-10,12-14H2,1-2H3,(H,28,31,32). The van der Waals surface area contributed by atoms with E-state index in [1.165, 1.54) is 0 Å². The first-order chi connectivity index (χ1) is 17.2. The van der Waals surface area contributed by atoms with Gasteiger partial charge in [-0.2, -0.15) is 0 Å². The van der Waals surface area contributed by atoms with Crippen molar-refractivity contribution in [2.75, 3.05) is 24.5 Å². The Morgan fingerprint density at radius 3 is 2.56 bits per heavy atom. The van der Waals surface area contributed by atoms with Gasteiger partial charge in [0.2, 0.25) is 11.8 Å². The van der Waals surface area contributed by atoms with E-state index in [0.29, 0.717) is 13.1 Å². The first-order valence-electron chi connectivity index (χ1n) is 12.8. The van der Waals surface area contributed by atoms with Gasteiger partial charge in [-0.3, -0.25) is 39.5 Å². The number of carbonyl (C=O) groups is 5. The number of nitrogens with zero attached hydrogens (tertiary/aromatic N) is 2. The Kier molecular flexibility index (Phi) is 6.32. The SMILES string of the molecule is CCCCCC(C)C(=O)OC1NCC12CN(c1ccc3c(c1)C(=O)N(C1CCC(=O)NC1=O)C3=O)C2. The van der Waals surface area contributed by atoms with Crippen molar-refractivity contribution in [2.24, 2.45) is 11.3 Å². The quantitative estimate of drug-likeness (QED) is 0.316. The molecule has 1 spiro atoms.